The predicted molar refractivity (Wildman–Crippen MR) is 74.9 cm³/mol. The van der Waals surface area contributed by atoms with Crippen LogP contribution in [-0.2, 0) is 0 Å². The van der Waals surface area contributed by atoms with E-state index in [0.717, 1.165) is 11.7 Å². The van der Waals surface area contributed by atoms with Gasteiger partial charge in [0.05, 0.1) is 0 Å². The summed E-state index contributed by atoms with van der Waals surface area (Å²) in [4.78, 5) is 0. The Kier molecular flexibility index (Phi) is 5.93. The highest BCUT2D eigenvalue weighted by Gasteiger charge is 2.07. The summed E-state index contributed by atoms with van der Waals surface area (Å²) in [6.07, 6.45) is 1.26. The van der Waals surface area contributed by atoms with E-state index in [1.165, 1.54) is 23.3 Å². The van der Waals surface area contributed by atoms with E-state index in [-0.39, 0.29) is 6.04 Å². The first-order chi connectivity index (χ1) is 7.63. The molecule has 0 amide bonds. The molecule has 0 fully saturated rings. The lowest BCUT2D eigenvalue weighted by molar-refractivity contribution is 0.636. The van der Waals surface area contributed by atoms with Crippen molar-refractivity contribution in [2.45, 2.75) is 33.2 Å². The quantitative estimate of drug-likeness (QED) is 0.815. The summed E-state index contributed by atoms with van der Waals surface area (Å²) in [7, 11) is 0. The maximum absolute atomic E-state index is 6.17. The highest BCUT2D eigenvalue weighted by molar-refractivity contribution is 7.99. The van der Waals surface area contributed by atoms with Crippen LogP contribution in [-0.4, -0.2) is 11.5 Å². The average Bonchev–Trinajstić information content (AvgIpc) is 2.28. The minimum absolute atomic E-state index is 0.175. The molecular formula is C14H23NS. The van der Waals surface area contributed by atoms with Crippen LogP contribution in [0.25, 0.3) is 0 Å². The van der Waals surface area contributed by atoms with E-state index in [1.54, 1.807) is 0 Å². The van der Waals surface area contributed by atoms with Crippen LogP contribution in [0.15, 0.2) is 24.3 Å². The molecule has 1 rings (SSSR count). The third-order valence-corrected chi connectivity index (χ3v) is 4.27. The first kappa shape index (κ1) is 13.6. The van der Waals surface area contributed by atoms with E-state index in [0.29, 0.717) is 0 Å². The third kappa shape index (κ3) is 4.58. The summed E-state index contributed by atoms with van der Waals surface area (Å²) >= 11 is 1.97. The van der Waals surface area contributed by atoms with Crippen molar-refractivity contribution in [1.82, 2.24) is 0 Å². The molecule has 16 heavy (non-hydrogen) atoms. The Morgan fingerprint density at radius 2 is 2.06 bits per heavy atom. The van der Waals surface area contributed by atoms with Crippen molar-refractivity contribution in [3.05, 3.63) is 35.4 Å². The molecule has 2 atom stereocenters. The van der Waals surface area contributed by atoms with Crippen molar-refractivity contribution < 1.29 is 0 Å². The molecule has 0 aliphatic rings. The fraction of sp³-hybridized carbons (Fsp3) is 0.571. The summed E-state index contributed by atoms with van der Waals surface area (Å²) in [6.45, 7) is 6.65. The highest BCUT2D eigenvalue weighted by atomic mass is 32.2. The summed E-state index contributed by atoms with van der Waals surface area (Å²) < 4.78 is 0. The maximum Gasteiger partial charge on any atom is 0.0386 e. The van der Waals surface area contributed by atoms with Crippen LogP contribution in [0.5, 0.6) is 0 Å². The lowest BCUT2D eigenvalue weighted by Crippen LogP contribution is -2.14. The number of benzene rings is 1. The van der Waals surface area contributed by atoms with E-state index in [2.05, 4.69) is 45.0 Å². The van der Waals surface area contributed by atoms with Gasteiger partial charge in [-0.2, -0.15) is 11.8 Å². The lowest BCUT2D eigenvalue weighted by atomic mass is 10.1. The van der Waals surface area contributed by atoms with Crippen molar-refractivity contribution in [3.8, 4) is 0 Å². The van der Waals surface area contributed by atoms with Gasteiger partial charge in [0.2, 0.25) is 0 Å². The topological polar surface area (TPSA) is 26.0 Å². The van der Waals surface area contributed by atoms with Crippen LogP contribution >= 0.6 is 11.8 Å². The number of hydrogen-bond acceptors (Lipinski definition) is 2. The van der Waals surface area contributed by atoms with Gasteiger partial charge in [-0.25, -0.2) is 0 Å². The number of rotatable bonds is 6. The van der Waals surface area contributed by atoms with Crippen molar-refractivity contribution in [3.63, 3.8) is 0 Å². The van der Waals surface area contributed by atoms with Crippen molar-refractivity contribution in [1.29, 1.82) is 0 Å². The molecule has 1 nitrogen and oxygen atoms in total. The van der Waals surface area contributed by atoms with Crippen molar-refractivity contribution in [2.75, 3.05) is 11.5 Å². The summed E-state index contributed by atoms with van der Waals surface area (Å²) in [6, 6.07) is 8.69. The average molecular weight is 237 g/mol. The minimum Gasteiger partial charge on any atom is -0.323 e. The second-order valence-electron chi connectivity index (χ2n) is 4.57. The van der Waals surface area contributed by atoms with Gasteiger partial charge in [0.15, 0.2) is 0 Å². The van der Waals surface area contributed by atoms with Gasteiger partial charge in [0, 0.05) is 11.8 Å². The number of hydrogen-bond donors (Lipinski definition) is 1. The van der Waals surface area contributed by atoms with E-state index in [9.17, 15) is 0 Å². The molecule has 1 aromatic rings. The van der Waals surface area contributed by atoms with Crippen molar-refractivity contribution in [2.24, 2.45) is 11.7 Å². The van der Waals surface area contributed by atoms with Crippen molar-refractivity contribution >= 4 is 11.8 Å². The monoisotopic (exact) mass is 237 g/mol. The second-order valence-corrected chi connectivity index (χ2v) is 5.65. The standard InChI is InChI=1S/C14H23NS/c1-4-11(2)9-16-10-14(15)13-7-5-6-12(3)8-13/h5-8,11,14H,4,9-10,15H2,1-3H3. The molecule has 1 aromatic carbocycles. The number of thioether (sulfide) groups is 1. The van der Waals surface area contributed by atoms with Crippen LogP contribution < -0.4 is 5.73 Å². The molecule has 0 aliphatic heterocycles. The smallest absolute Gasteiger partial charge is 0.0386 e. The van der Waals surface area contributed by atoms with E-state index < -0.39 is 0 Å². The predicted octanol–water partition coefficient (Wildman–Crippen LogP) is 3.77. The second kappa shape index (κ2) is 6.97. The zero-order chi connectivity index (χ0) is 12.0. The van der Waals surface area contributed by atoms with Gasteiger partial charge >= 0.3 is 0 Å². The fourth-order valence-corrected chi connectivity index (χ4v) is 2.73. The normalized spacial score (nSPS) is 14.8. The number of nitrogens with two attached hydrogens (primary N) is 1. The molecular weight excluding hydrogens is 214 g/mol. The molecule has 0 aliphatic carbocycles. The van der Waals surface area contributed by atoms with Crippen LogP contribution in [0.3, 0.4) is 0 Å². The summed E-state index contributed by atoms with van der Waals surface area (Å²) in [5, 5.41) is 0. The molecule has 0 spiro atoms. The van der Waals surface area contributed by atoms with E-state index in [1.807, 2.05) is 11.8 Å². The molecule has 2 N–H and O–H groups in total. The van der Waals surface area contributed by atoms with E-state index >= 15 is 0 Å². The fourth-order valence-electron chi connectivity index (χ4n) is 1.51. The largest absolute Gasteiger partial charge is 0.323 e. The molecule has 2 heteroatoms. The number of aryl methyl sites for hydroxylation is 1. The summed E-state index contributed by atoms with van der Waals surface area (Å²) in [5.74, 6) is 3.04. The Hall–Kier alpha value is -0.470. The Balaban J connectivity index is 2.38. The van der Waals surface area contributed by atoms with Gasteiger partial charge in [0.25, 0.3) is 0 Å². The third-order valence-electron chi connectivity index (χ3n) is 2.87. The zero-order valence-electron chi connectivity index (χ0n) is 10.6. The van der Waals surface area contributed by atoms with Gasteiger partial charge < -0.3 is 5.73 Å². The Morgan fingerprint density at radius 1 is 1.31 bits per heavy atom. The molecule has 0 aromatic heterocycles. The summed E-state index contributed by atoms with van der Waals surface area (Å²) in [5.41, 5.74) is 8.72. The molecule has 0 radical (unpaired) electrons. The molecule has 0 bridgehead atoms. The minimum atomic E-state index is 0.175. The Labute approximate surface area is 104 Å². The molecule has 0 saturated carbocycles. The maximum atomic E-state index is 6.17. The lowest BCUT2D eigenvalue weighted by Gasteiger charge is -2.14. The first-order valence-electron chi connectivity index (χ1n) is 6.03. The zero-order valence-corrected chi connectivity index (χ0v) is 11.4. The van der Waals surface area contributed by atoms with Gasteiger partial charge in [-0.05, 0) is 24.2 Å². The van der Waals surface area contributed by atoms with Gasteiger partial charge in [-0.3, -0.25) is 0 Å². The van der Waals surface area contributed by atoms with E-state index in [4.69, 9.17) is 5.73 Å². The highest BCUT2D eigenvalue weighted by Crippen LogP contribution is 2.19. The molecule has 90 valence electrons. The van der Waals surface area contributed by atoms with Gasteiger partial charge in [0.1, 0.15) is 0 Å². The molecule has 0 heterocycles. The van der Waals surface area contributed by atoms with Gasteiger partial charge in [-0.1, -0.05) is 50.1 Å². The Morgan fingerprint density at radius 3 is 2.69 bits per heavy atom. The first-order valence-corrected chi connectivity index (χ1v) is 7.18. The molecule has 0 saturated heterocycles. The SMILES string of the molecule is CCC(C)CSCC(N)c1cccc(C)c1. The van der Waals surface area contributed by atoms with Crippen LogP contribution in [0.4, 0.5) is 0 Å². The van der Waals surface area contributed by atoms with Crippen LogP contribution in [0.1, 0.15) is 37.4 Å². The molecule has 2 unspecified atom stereocenters. The van der Waals surface area contributed by atoms with Crippen LogP contribution in [0.2, 0.25) is 0 Å². The van der Waals surface area contributed by atoms with Crippen LogP contribution in [0, 0.1) is 12.8 Å². The Bertz CT molecular complexity index is 311. The van der Waals surface area contributed by atoms with Gasteiger partial charge in [-0.15, -0.1) is 0 Å².